The predicted octanol–water partition coefficient (Wildman–Crippen LogP) is 2.59. The van der Waals surface area contributed by atoms with Gasteiger partial charge in [0.2, 0.25) is 10.0 Å². The summed E-state index contributed by atoms with van der Waals surface area (Å²) in [6.07, 6.45) is 8.13. The molecule has 1 aliphatic rings. The zero-order chi connectivity index (χ0) is 14.4. The molecule has 0 aliphatic carbocycles. The number of hydrogen-bond donors (Lipinski definition) is 0. The lowest BCUT2D eigenvalue weighted by Crippen LogP contribution is -2.42. The van der Waals surface area contributed by atoms with Crippen molar-refractivity contribution in [2.24, 2.45) is 0 Å². The van der Waals surface area contributed by atoms with E-state index in [9.17, 15) is 8.42 Å². The molecule has 0 amide bonds. The van der Waals surface area contributed by atoms with Crippen molar-refractivity contribution < 1.29 is 8.42 Å². The Kier molecular flexibility index (Phi) is 5.99. The van der Waals surface area contributed by atoms with Crippen LogP contribution < -0.4 is 0 Å². The van der Waals surface area contributed by atoms with Crippen molar-refractivity contribution in [3.8, 4) is 0 Å². The van der Waals surface area contributed by atoms with Crippen LogP contribution in [0.5, 0.6) is 0 Å². The van der Waals surface area contributed by atoms with Gasteiger partial charge < -0.3 is 0 Å². The molecule has 1 unspecified atom stereocenters. The highest BCUT2D eigenvalue weighted by atomic mass is 79.9. The Morgan fingerprint density at radius 2 is 2.00 bits per heavy atom. The summed E-state index contributed by atoms with van der Waals surface area (Å²) in [6, 6.07) is 3.86. The number of rotatable bonds is 5. The smallest absolute Gasteiger partial charge is 0.214 e. The van der Waals surface area contributed by atoms with Crippen LogP contribution in [0.1, 0.15) is 31.2 Å². The normalized spacial score (nSPS) is 21.6. The first-order chi connectivity index (χ1) is 9.63. The largest absolute Gasteiger partial charge is 0.265 e. The van der Waals surface area contributed by atoms with E-state index in [1.807, 2.05) is 12.1 Å². The second-order valence-corrected chi connectivity index (χ2v) is 7.88. The molecule has 0 bridgehead atoms. The van der Waals surface area contributed by atoms with Crippen molar-refractivity contribution in [1.29, 1.82) is 0 Å². The van der Waals surface area contributed by atoms with Crippen LogP contribution in [0.4, 0.5) is 0 Å². The third-order valence-corrected chi connectivity index (χ3v) is 6.42. The molecule has 1 atom stereocenters. The molecular formula is C14H21BrN2O2S. The molecular weight excluding hydrogens is 340 g/mol. The van der Waals surface area contributed by atoms with E-state index >= 15 is 0 Å². The summed E-state index contributed by atoms with van der Waals surface area (Å²) in [7, 11) is -3.18. The maximum absolute atomic E-state index is 12.6. The van der Waals surface area contributed by atoms with Crippen molar-refractivity contribution in [1.82, 2.24) is 9.29 Å². The first kappa shape index (κ1) is 15.9. The van der Waals surface area contributed by atoms with Crippen LogP contribution in [-0.4, -0.2) is 41.4 Å². The molecule has 6 heteroatoms. The van der Waals surface area contributed by atoms with E-state index in [2.05, 4.69) is 20.9 Å². The molecule has 0 spiro atoms. The van der Waals surface area contributed by atoms with Crippen LogP contribution in [0.2, 0.25) is 0 Å². The number of aryl methyl sites for hydroxylation is 1. The molecule has 0 N–H and O–H groups in total. The summed E-state index contributed by atoms with van der Waals surface area (Å²) in [5.74, 6) is 0.181. The predicted molar refractivity (Wildman–Crippen MR) is 84.5 cm³/mol. The third-order valence-electron chi connectivity index (χ3n) is 3.76. The van der Waals surface area contributed by atoms with E-state index in [0.29, 0.717) is 13.0 Å². The molecule has 4 nitrogen and oxygen atoms in total. The third kappa shape index (κ3) is 4.27. The van der Waals surface area contributed by atoms with Gasteiger partial charge in [-0.3, -0.25) is 4.98 Å². The average molecular weight is 361 g/mol. The minimum atomic E-state index is -3.18. The van der Waals surface area contributed by atoms with Crippen LogP contribution in [0.3, 0.4) is 0 Å². The number of pyridine rings is 1. The van der Waals surface area contributed by atoms with E-state index in [-0.39, 0.29) is 11.8 Å². The molecule has 1 saturated heterocycles. The quantitative estimate of drug-likeness (QED) is 0.758. The van der Waals surface area contributed by atoms with Crippen molar-refractivity contribution in [3.05, 3.63) is 30.1 Å². The molecule has 2 heterocycles. The number of sulfonamides is 1. The maximum atomic E-state index is 12.6. The van der Waals surface area contributed by atoms with Gasteiger partial charge in [-0.1, -0.05) is 28.8 Å². The fraction of sp³-hybridized carbons (Fsp3) is 0.643. The summed E-state index contributed by atoms with van der Waals surface area (Å²) in [5, 5.41) is 0.724. The van der Waals surface area contributed by atoms with Gasteiger partial charge >= 0.3 is 0 Å². The number of hydrogen-bond acceptors (Lipinski definition) is 3. The first-order valence-corrected chi connectivity index (χ1v) is 9.81. The zero-order valence-electron chi connectivity index (χ0n) is 11.5. The molecule has 112 valence electrons. The van der Waals surface area contributed by atoms with Crippen molar-refractivity contribution in [3.63, 3.8) is 0 Å². The van der Waals surface area contributed by atoms with Gasteiger partial charge in [0.25, 0.3) is 0 Å². The van der Waals surface area contributed by atoms with Gasteiger partial charge in [-0.05, 0) is 37.0 Å². The molecule has 0 aromatic carbocycles. The number of alkyl halides is 1. The fourth-order valence-electron chi connectivity index (χ4n) is 2.58. The lowest BCUT2D eigenvalue weighted by atomic mass is 10.1. The van der Waals surface area contributed by atoms with E-state index in [0.717, 1.165) is 36.6 Å². The van der Waals surface area contributed by atoms with Gasteiger partial charge in [0.1, 0.15) is 0 Å². The Labute approximate surface area is 129 Å². The second-order valence-electron chi connectivity index (χ2n) is 5.19. The van der Waals surface area contributed by atoms with Gasteiger partial charge in [-0.2, -0.15) is 4.31 Å². The van der Waals surface area contributed by atoms with Crippen LogP contribution in [0.15, 0.2) is 24.5 Å². The van der Waals surface area contributed by atoms with Crippen molar-refractivity contribution in [2.75, 3.05) is 17.6 Å². The molecule has 0 saturated carbocycles. The lowest BCUT2D eigenvalue weighted by molar-refractivity contribution is 0.347. The minimum absolute atomic E-state index is 0.111. The Bertz CT molecular complexity index is 507. The molecule has 1 aromatic rings. The molecule has 1 aliphatic heterocycles. The first-order valence-electron chi connectivity index (χ1n) is 7.08. The maximum Gasteiger partial charge on any atom is 0.214 e. The van der Waals surface area contributed by atoms with Crippen LogP contribution >= 0.6 is 15.9 Å². The van der Waals surface area contributed by atoms with Crippen LogP contribution in [0, 0.1) is 0 Å². The van der Waals surface area contributed by atoms with Gasteiger partial charge in [-0.15, -0.1) is 0 Å². The molecule has 2 rings (SSSR count). The highest BCUT2D eigenvalue weighted by molar-refractivity contribution is 9.09. The summed E-state index contributed by atoms with van der Waals surface area (Å²) < 4.78 is 26.9. The average Bonchev–Trinajstić information content (AvgIpc) is 2.72. The van der Waals surface area contributed by atoms with Gasteiger partial charge in [-0.25, -0.2) is 8.42 Å². The standard InChI is InChI=1S/C14H21BrN2O2S/c15-12-14-4-2-1-3-10-17(14)20(18,19)11-7-13-5-8-16-9-6-13/h5-6,8-9,14H,1-4,7,10-12H2. The fourth-order valence-corrected chi connectivity index (χ4v) is 5.22. The number of aromatic nitrogens is 1. The molecule has 1 fully saturated rings. The van der Waals surface area contributed by atoms with E-state index in [4.69, 9.17) is 0 Å². The number of halogens is 1. The molecule has 0 radical (unpaired) electrons. The highest BCUT2D eigenvalue weighted by Gasteiger charge is 2.29. The Hall–Kier alpha value is -0.460. The Balaban J connectivity index is 2.04. The van der Waals surface area contributed by atoms with Gasteiger partial charge in [0, 0.05) is 30.3 Å². The highest BCUT2D eigenvalue weighted by Crippen LogP contribution is 2.22. The summed E-state index contributed by atoms with van der Waals surface area (Å²) in [4.78, 5) is 3.95. The van der Waals surface area contributed by atoms with Gasteiger partial charge in [0.05, 0.1) is 5.75 Å². The summed E-state index contributed by atoms with van der Waals surface area (Å²) in [6.45, 7) is 0.662. The summed E-state index contributed by atoms with van der Waals surface area (Å²) in [5.41, 5.74) is 1.02. The topological polar surface area (TPSA) is 50.3 Å². The van der Waals surface area contributed by atoms with Crippen LogP contribution in [0.25, 0.3) is 0 Å². The van der Waals surface area contributed by atoms with E-state index in [1.165, 1.54) is 0 Å². The van der Waals surface area contributed by atoms with Crippen LogP contribution in [-0.2, 0) is 16.4 Å². The minimum Gasteiger partial charge on any atom is -0.265 e. The Morgan fingerprint density at radius 3 is 2.70 bits per heavy atom. The van der Waals surface area contributed by atoms with Crippen molar-refractivity contribution in [2.45, 2.75) is 38.1 Å². The SMILES string of the molecule is O=S(=O)(CCc1ccncc1)N1CCCCCC1CBr. The number of nitrogens with zero attached hydrogens (tertiary/aromatic N) is 2. The van der Waals surface area contributed by atoms with Crippen molar-refractivity contribution >= 4 is 26.0 Å². The van der Waals surface area contributed by atoms with Gasteiger partial charge in [0.15, 0.2) is 0 Å². The van der Waals surface area contributed by atoms with E-state index in [1.54, 1.807) is 16.7 Å². The summed E-state index contributed by atoms with van der Waals surface area (Å²) >= 11 is 3.46. The zero-order valence-corrected chi connectivity index (χ0v) is 13.9. The molecule has 20 heavy (non-hydrogen) atoms. The lowest BCUT2D eigenvalue weighted by Gasteiger charge is -2.27. The monoisotopic (exact) mass is 360 g/mol. The second kappa shape index (κ2) is 7.52. The Morgan fingerprint density at radius 1 is 1.25 bits per heavy atom. The van der Waals surface area contributed by atoms with E-state index < -0.39 is 10.0 Å². The molecule has 1 aromatic heterocycles.